The number of hydrogen-bond donors (Lipinski definition) is 0. The van der Waals surface area contributed by atoms with E-state index in [-0.39, 0.29) is 23.3 Å². The minimum atomic E-state index is -2.68. The van der Waals surface area contributed by atoms with Gasteiger partial charge in [-0.15, -0.1) is 0 Å². The summed E-state index contributed by atoms with van der Waals surface area (Å²) in [6, 6.07) is 9.16. The van der Waals surface area contributed by atoms with Crippen LogP contribution < -0.4 is 4.74 Å². The van der Waals surface area contributed by atoms with Gasteiger partial charge in [0.05, 0.1) is 12.3 Å². The molecule has 0 bridgehead atoms. The van der Waals surface area contributed by atoms with E-state index in [0.717, 1.165) is 28.7 Å². The number of ether oxygens (including phenoxy) is 1. The molecule has 1 aromatic carbocycles. The highest BCUT2D eigenvalue weighted by Crippen LogP contribution is 2.29. The topological polar surface area (TPSA) is 72.6 Å². The third kappa shape index (κ3) is 4.81. The summed E-state index contributed by atoms with van der Waals surface area (Å²) in [6.45, 7) is 3.70. The summed E-state index contributed by atoms with van der Waals surface area (Å²) in [5, 5.41) is 3.83. The molecule has 1 aliphatic heterocycles. The standard InChI is InChI=1S/C22H25F2N5O2/c1-2-31-17-8-5-15(6-9-17)7-10-20(30)28-11-3-4-16(13-28)18-12-19(21(23)24)29-22(27-18)25-14-26-29/h5-6,8-9,12,14,16,21H,2-4,7,10-11,13H2,1H3. The van der Waals surface area contributed by atoms with Gasteiger partial charge in [0.15, 0.2) is 0 Å². The monoisotopic (exact) mass is 429 g/mol. The fourth-order valence-electron chi connectivity index (χ4n) is 3.99. The van der Waals surface area contributed by atoms with Gasteiger partial charge in [-0.25, -0.2) is 13.8 Å². The fourth-order valence-corrected chi connectivity index (χ4v) is 3.99. The number of halogens is 2. The number of nitrogens with zero attached hydrogens (tertiary/aromatic N) is 5. The first kappa shape index (κ1) is 21.1. The van der Waals surface area contributed by atoms with Crippen molar-refractivity contribution >= 4 is 11.7 Å². The first-order valence-corrected chi connectivity index (χ1v) is 10.5. The van der Waals surface area contributed by atoms with Crippen LogP contribution in [0.4, 0.5) is 8.78 Å². The van der Waals surface area contributed by atoms with Gasteiger partial charge in [0, 0.05) is 25.4 Å². The van der Waals surface area contributed by atoms with E-state index in [9.17, 15) is 13.6 Å². The van der Waals surface area contributed by atoms with Gasteiger partial charge in [-0.3, -0.25) is 4.79 Å². The van der Waals surface area contributed by atoms with Crippen LogP contribution in [0.3, 0.4) is 0 Å². The normalized spacial score (nSPS) is 16.8. The van der Waals surface area contributed by atoms with Crippen LogP contribution in [0.1, 0.15) is 55.5 Å². The van der Waals surface area contributed by atoms with E-state index < -0.39 is 6.43 Å². The number of hydrogen-bond acceptors (Lipinski definition) is 5. The van der Waals surface area contributed by atoms with Crippen LogP contribution in [-0.4, -0.2) is 50.1 Å². The number of benzene rings is 1. The van der Waals surface area contributed by atoms with Gasteiger partial charge in [-0.1, -0.05) is 12.1 Å². The molecule has 0 saturated carbocycles. The predicted octanol–water partition coefficient (Wildman–Crippen LogP) is 3.80. The average Bonchev–Trinajstić information content (AvgIpc) is 3.26. The first-order valence-electron chi connectivity index (χ1n) is 10.5. The molecule has 31 heavy (non-hydrogen) atoms. The largest absolute Gasteiger partial charge is 0.494 e. The smallest absolute Gasteiger partial charge is 0.280 e. The van der Waals surface area contributed by atoms with Gasteiger partial charge >= 0.3 is 0 Å². The molecule has 0 N–H and O–H groups in total. The van der Waals surface area contributed by atoms with Crippen molar-refractivity contribution in [3.63, 3.8) is 0 Å². The third-order valence-electron chi connectivity index (χ3n) is 5.58. The SMILES string of the molecule is CCOc1ccc(CCC(=O)N2CCCC(c3cc(C(F)F)n4ncnc4n3)C2)cc1. The minimum Gasteiger partial charge on any atom is -0.494 e. The summed E-state index contributed by atoms with van der Waals surface area (Å²) in [5.74, 6) is 0.946. The van der Waals surface area contributed by atoms with Gasteiger partial charge < -0.3 is 9.64 Å². The number of rotatable bonds is 7. The van der Waals surface area contributed by atoms with Crippen LogP contribution in [0, 0.1) is 0 Å². The van der Waals surface area contributed by atoms with Crippen molar-refractivity contribution < 1.29 is 18.3 Å². The van der Waals surface area contributed by atoms with Gasteiger partial charge in [0.25, 0.3) is 12.2 Å². The van der Waals surface area contributed by atoms with Crippen LogP contribution in [0.2, 0.25) is 0 Å². The molecule has 164 valence electrons. The Morgan fingerprint density at radius 1 is 1.29 bits per heavy atom. The van der Waals surface area contributed by atoms with Crippen LogP contribution in [0.25, 0.3) is 5.78 Å². The molecule has 3 heterocycles. The molecule has 3 aromatic rings. The summed E-state index contributed by atoms with van der Waals surface area (Å²) in [5.41, 5.74) is 1.39. The Balaban J connectivity index is 1.41. The summed E-state index contributed by atoms with van der Waals surface area (Å²) < 4.78 is 33.4. The molecule has 4 rings (SSSR count). The molecule has 0 aliphatic carbocycles. The van der Waals surface area contributed by atoms with E-state index >= 15 is 0 Å². The van der Waals surface area contributed by atoms with Crippen molar-refractivity contribution in [1.82, 2.24) is 24.5 Å². The zero-order chi connectivity index (χ0) is 21.8. The fraction of sp³-hybridized carbons (Fsp3) is 0.455. The number of aryl methyl sites for hydroxylation is 1. The number of likely N-dealkylation sites (tertiary alicyclic amines) is 1. The Morgan fingerprint density at radius 2 is 2.10 bits per heavy atom. The second-order valence-corrected chi connectivity index (χ2v) is 7.63. The van der Waals surface area contributed by atoms with Gasteiger partial charge in [-0.2, -0.15) is 14.6 Å². The second kappa shape index (κ2) is 9.36. The highest BCUT2D eigenvalue weighted by Gasteiger charge is 2.27. The van der Waals surface area contributed by atoms with Crippen LogP contribution in [-0.2, 0) is 11.2 Å². The maximum Gasteiger partial charge on any atom is 0.280 e. The molecule has 1 unspecified atom stereocenters. The molecule has 1 fully saturated rings. The summed E-state index contributed by atoms with van der Waals surface area (Å²) in [4.78, 5) is 23.0. The number of amides is 1. The van der Waals surface area contributed by atoms with E-state index in [0.29, 0.717) is 38.2 Å². The number of aromatic nitrogens is 4. The molecule has 1 atom stereocenters. The summed E-state index contributed by atoms with van der Waals surface area (Å²) in [6.07, 6.45) is 1.19. The van der Waals surface area contributed by atoms with E-state index in [1.165, 1.54) is 12.4 Å². The molecule has 1 aliphatic rings. The van der Waals surface area contributed by atoms with Crippen molar-refractivity contribution in [3.05, 3.63) is 53.6 Å². The van der Waals surface area contributed by atoms with Crippen molar-refractivity contribution in [2.45, 2.75) is 45.0 Å². The quantitative estimate of drug-likeness (QED) is 0.571. The number of piperidine rings is 1. The Labute approximate surface area is 179 Å². The highest BCUT2D eigenvalue weighted by molar-refractivity contribution is 5.76. The Bertz CT molecular complexity index is 1040. The van der Waals surface area contributed by atoms with Gasteiger partial charge in [0.1, 0.15) is 17.8 Å². The maximum absolute atomic E-state index is 13.5. The maximum atomic E-state index is 13.5. The van der Waals surface area contributed by atoms with Crippen molar-refractivity contribution in [2.24, 2.45) is 0 Å². The Morgan fingerprint density at radius 3 is 2.84 bits per heavy atom. The van der Waals surface area contributed by atoms with Gasteiger partial charge in [0.2, 0.25) is 5.91 Å². The molecule has 0 radical (unpaired) electrons. The van der Waals surface area contributed by atoms with E-state index in [2.05, 4.69) is 15.1 Å². The third-order valence-corrected chi connectivity index (χ3v) is 5.58. The number of fused-ring (bicyclic) bond motifs is 1. The molecule has 0 spiro atoms. The molecule has 2 aromatic heterocycles. The lowest BCUT2D eigenvalue weighted by Gasteiger charge is -2.32. The molecular formula is C22H25F2N5O2. The van der Waals surface area contributed by atoms with Crippen LogP contribution in [0.5, 0.6) is 5.75 Å². The minimum absolute atomic E-state index is 0.0659. The Kier molecular flexibility index (Phi) is 6.39. The number of carbonyl (C=O) groups is 1. The summed E-state index contributed by atoms with van der Waals surface area (Å²) in [7, 11) is 0. The zero-order valence-corrected chi connectivity index (χ0v) is 17.4. The highest BCUT2D eigenvalue weighted by atomic mass is 19.3. The number of carbonyl (C=O) groups excluding carboxylic acids is 1. The van der Waals surface area contributed by atoms with Crippen LogP contribution >= 0.6 is 0 Å². The van der Waals surface area contributed by atoms with E-state index in [1.54, 1.807) is 0 Å². The molecule has 1 amide bonds. The van der Waals surface area contributed by atoms with Crippen LogP contribution in [0.15, 0.2) is 36.7 Å². The molecule has 7 nitrogen and oxygen atoms in total. The lowest BCUT2D eigenvalue weighted by molar-refractivity contribution is -0.132. The first-order chi connectivity index (χ1) is 15.0. The lowest BCUT2D eigenvalue weighted by Crippen LogP contribution is -2.39. The Hall–Kier alpha value is -3.10. The van der Waals surface area contributed by atoms with Crippen molar-refractivity contribution in [2.75, 3.05) is 19.7 Å². The summed E-state index contributed by atoms with van der Waals surface area (Å²) >= 11 is 0. The van der Waals surface area contributed by atoms with E-state index in [1.807, 2.05) is 36.1 Å². The van der Waals surface area contributed by atoms with Crippen molar-refractivity contribution in [1.29, 1.82) is 0 Å². The second-order valence-electron chi connectivity index (χ2n) is 7.63. The van der Waals surface area contributed by atoms with E-state index in [4.69, 9.17) is 4.74 Å². The molecule has 1 saturated heterocycles. The van der Waals surface area contributed by atoms with Gasteiger partial charge in [-0.05, 0) is 49.9 Å². The van der Waals surface area contributed by atoms with Crippen molar-refractivity contribution in [3.8, 4) is 5.75 Å². The molecular weight excluding hydrogens is 404 g/mol. The lowest BCUT2D eigenvalue weighted by atomic mass is 9.93. The zero-order valence-electron chi connectivity index (χ0n) is 17.4. The average molecular weight is 429 g/mol. The predicted molar refractivity (Wildman–Crippen MR) is 110 cm³/mol. The molecule has 9 heteroatoms. The number of alkyl halides is 2.